The molecule has 12 nitrogen and oxygen atoms in total. The van der Waals surface area contributed by atoms with E-state index in [4.69, 9.17) is 24.7 Å². The maximum absolute atomic E-state index is 14.8. The van der Waals surface area contributed by atoms with Crippen LogP contribution in [-0.4, -0.2) is 80.9 Å². The third-order valence-electron chi connectivity index (χ3n) is 4.38. The van der Waals surface area contributed by atoms with E-state index in [0.29, 0.717) is 0 Å². The van der Waals surface area contributed by atoms with Crippen molar-refractivity contribution in [3.8, 4) is 0 Å². The first kappa shape index (κ1) is 21.8. The Morgan fingerprint density at radius 2 is 1.93 bits per heavy atom. The summed E-state index contributed by atoms with van der Waals surface area (Å²) in [7, 11) is 0. The number of rotatable bonds is 8. The molecule has 0 spiro atoms. The second kappa shape index (κ2) is 9.28. The van der Waals surface area contributed by atoms with Crippen LogP contribution in [0.4, 0.5) is 10.2 Å². The quantitative estimate of drug-likeness (QED) is 0.413. The highest BCUT2D eigenvalue weighted by Crippen LogP contribution is 2.34. The molecule has 0 aliphatic carbocycles. The smallest absolute Gasteiger partial charge is 0.347 e. The number of aromatic nitrogens is 4. The molecule has 2 aromatic rings. The summed E-state index contributed by atoms with van der Waals surface area (Å²) in [5.74, 6) is -1.80. The van der Waals surface area contributed by atoms with Gasteiger partial charge in [-0.3, -0.25) is 4.57 Å². The van der Waals surface area contributed by atoms with Gasteiger partial charge in [0, 0.05) is 0 Å². The van der Waals surface area contributed by atoms with Gasteiger partial charge in [0.05, 0.1) is 26.1 Å². The van der Waals surface area contributed by atoms with Gasteiger partial charge >= 0.3 is 11.9 Å². The number of nitrogens with zero attached hydrogens (tertiary/aromatic N) is 4. The summed E-state index contributed by atoms with van der Waals surface area (Å²) in [6.45, 7) is 2.70. The number of ether oxygens (including phenoxy) is 4. The number of carbonyl (C=O) groups is 2. The first-order valence-electron chi connectivity index (χ1n) is 9.24. The molecule has 30 heavy (non-hydrogen) atoms. The molecule has 3 heterocycles. The molecular weight excluding hydrogens is 405 g/mol. The van der Waals surface area contributed by atoms with E-state index in [1.54, 1.807) is 13.8 Å². The van der Waals surface area contributed by atoms with Crippen molar-refractivity contribution in [2.75, 3.05) is 25.6 Å². The first-order valence-corrected chi connectivity index (χ1v) is 9.24. The maximum Gasteiger partial charge on any atom is 0.347 e. The van der Waals surface area contributed by atoms with Crippen molar-refractivity contribution < 1.29 is 38.0 Å². The Morgan fingerprint density at radius 3 is 2.57 bits per heavy atom. The van der Waals surface area contributed by atoms with Crippen LogP contribution in [0.2, 0.25) is 0 Å². The van der Waals surface area contributed by atoms with Crippen LogP contribution >= 0.6 is 0 Å². The summed E-state index contributed by atoms with van der Waals surface area (Å²) in [5.41, 5.74) is 6.20. The van der Waals surface area contributed by atoms with E-state index in [2.05, 4.69) is 15.0 Å². The number of imidazole rings is 1. The number of aliphatic hydroxyl groups is 1. The van der Waals surface area contributed by atoms with Crippen LogP contribution in [-0.2, 0) is 28.5 Å². The second-order valence-electron chi connectivity index (χ2n) is 6.30. The van der Waals surface area contributed by atoms with E-state index in [0.717, 1.165) is 0 Å². The number of hydrogen-bond donors (Lipinski definition) is 2. The molecule has 13 heteroatoms. The third kappa shape index (κ3) is 4.17. The Hall–Kier alpha value is -2.90. The van der Waals surface area contributed by atoms with E-state index in [-0.39, 0.29) is 30.2 Å². The summed E-state index contributed by atoms with van der Waals surface area (Å²) in [6, 6.07) is 0. The lowest BCUT2D eigenvalue weighted by atomic mass is 10.1. The summed E-state index contributed by atoms with van der Waals surface area (Å²) in [6.07, 6.45) is -5.15. The number of nitrogen functional groups attached to an aromatic ring is 1. The number of anilines is 1. The lowest BCUT2D eigenvalue weighted by Gasteiger charge is -2.19. The number of nitrogens with two attached hydrogens (primary N) is 1. The minimum atomic E-state index is -1.86. The number of hydrogen-bond acceptors (Lipinski definition) is 11. The van der Waals surface area contributed by atoms with Crippen LogP contribution in [0, 0.1) is 0 Å². The van der Waals surface area contributed by atoms with E-state index in [9.17, 15) is 19.1 Å². The molecule has 0 aromatic carbocycles. The standard InChI is InChI=1S/C17H22FN5O7/c1-3-27-16(25)12(17(26)28-4-2)29-5-8-11(24)9(18)15(30-8)23-7-22-10-13(19)20-6-21-14(10)23/h6-9,11-12,15,24H,3-5H2,1-2H3,(H2,19,20,21)/t8-,9-,11-,15-/m1/s1. The number of esters is 2. The summed E-state index contributed by atoms with van der Waals surface area (Å²) in [5, 5.41) is 10.2. The molecule has 0 radical (unpaired) electrons. The Labute approximate surface area is 170 Å². The Balaban J connectivity index is 1.73. The van der Waals surface area contributed by atoms with Gasteiger partial charge in [-0.15, -0.1) is 0 Å². The number of fused-ring (bicyclic) bond motifs is 1. The number of alkyl halides is 1. The first-order chi connectivity index (χ1) is 14.4. The maximum atomic E-state index is 14.8. The largest absolute Gasteiger partial charge is 0.464 e. The molecule has 1 aliphatic rings. The molecule has 3 rings (SSSR count). The zero-order valence-electron chi connectivity index (χ0n) is 16.3. The molecule has 0 saturated carbocycles. The van der Waals surface area contributed by atoms with Crippen molar-refractivity contribution in [3.63, 3.8) is 0 Å². The van der Waals surface area contributed by atoms with Crippen molar-refractivity contribution >= 4 is 28.9 Å². The summed E-state index contributed by atoms with van der Waals surface area (Å²) < 4.78 is 36.5. The lowest BCUT2D eigenvalue weighted by Crippen LogP contribution is -2.40. The van der Waals surface area contributed by atoms with E-state index in [1.165, 1.54) is 17.2 Å². The zero-order chi connectivity index (χ0) is 21.8. The predicted octanol–water partition coefficient (Wildman–Crippen LogP) is -0.484. The molecule has 3 N–H and O–H groups in total. The van der Waals surface area contributed by atoms with Crippen LogP contribution in [0.15, 0.2) is 12.7 Å². The number of aliphatic hydroxyl groups excluding tert-OH is 1. The van der Waals surface area contributed by atoms with Crippen molar-refractivity contribution in [2.45, 2.75) is 44.6 Å². The number of carbonyl (C=O) groups excluding carboxylic acids is 2. The second-order valence-corrected chi connectivity index (χ2v) is 6.30. The SMILES string of the molecule is CCOC(=O)C(OC[C@H]1O[C@@H](n2cnc3c(N)ncnc32)[C@H](F)[C@@H]1O)C(=O)OCC. The molecule has 4 atom stereocenters. The minimum Gasteiger partial charge on any atom is -0.464 e. The van der Waals surface area contributed by atoms with E-state index >= 15 is 0 Å². The van der Waals surface area contributed by atoms with Crippen LogP contribution in [0.1, 0.15) is 20.1 Å². The molecule has 0 bridgehead atoms. The van der Waals surface area contributed by atoms with Gasteiger partial charge in [0.25, 0.3) is 6.10 Å². The topological polar surface area (TPSA) is 161 Å². The number of halogens is 1. The molecule has 0 amide bonds. The van der Waals surface area contributed by atoms with Gasteiger partial charge in [0.2, 0.25) is 0 Å². The minimum absolute atomic E-state index is 0.0218. The van der Waals surface area contributed by atoms with Crippen LogP contribution < -0.4 is 5.73 Å². The van der Waals surface area contributed by atoms with Gasteiger partial charge in [0.15, 0.2) is 23.9 Å². The fraction of sp³-hybridized carbons (Fsp3) is 0.588. The average Bonchev–Trinajstić information content (AvgIpc) is 3.26. The van der Waals surface area contributed by atoms with Crippen LogP contribution in [0.3, 0.4) is 0 Å². The van der Waals surface area contributed by atoms with E-state index in [1.807, 2.05) is 0 Å². The molecular formula is C17H22FN5O7. The van der Waals surface area contributed by atoms with Gasteiger partial charge in [-0.1, -0.05) is 0 Å². The Morgan fingerprint density at radius 1 is 1.27 bits per heavy atom. The monoisotopic (exact) mass is 427 g/mol. The average molecular weight is 427 g/mol. The Bertz CT molecular complexity index is 892. The van der Waals surface area contributed by atoms with Crippen molar-refractivity contribution in [1.29, 1.82) is 0 Å². The highest BCUT2D eigenvalue weighted by Gasteiger charge is 2.47. The molecule has 164 valence electrons. The Kier molecular flexibility index (Phi) is 6.74. The zero-order valence-corrected chi connectivity index (χ0v) is 16.3. The van der Waals surface area contributed by atoms with Gasteiger partial charge in [-0.2, -0.15) is 0 Å². The fourth-order valence-electron chi connectivity index (χ4n) is 2.98. The van der Waals surface area contributed by atoms with E-state index < -0.39 is 49.3 Å². The van der Waals surface area contributed by atoms with Crippen LogP contribution in [0.25, 0.3) is 11.2 Å². The van der Waals surface area contributed by atoms with Gasteiger partial charge in [0.1, 0.15) is 24.1 Å². The fourth-order valence-corrected chi connectivity index (χ4v) is 2.98. The van der Waals surface area contributed by atoms with Crippen LogP contribution in [0.5, 0.6) is 0 Å². The van der Waals surface area contributed by atoms with Crippen molar-refractivity contribution in [1.82, 2.24) is 19.5 Å². The summed E-state index contributed by atoms with van der Waals surface area (Å²) >= 11 is 0. The molecule has 2 aromatic heterocycles. The third-order valence-corrected chi connectivity index (χ3v) is 4.38. The summed E-state index contributed by atoms with van der Waals surface area (Å²) in [4.78, 5) is 35.8. The van der Waals surface area contributed by atoms with Crippen molar-refractivity contribution in [3.05, 3.63) is 12.7 Å². The normalized spacial score (nSPS) is 23.8. The predicted molar refractivity (Wildman–Crippen MR) is 97.6 cm³/mol. The lowest BCUT2D eigenvalue weighted by molar-refractivity contribution is -0.177. The van der Waals surface area contributed by atoms with Gasteiger partial charge in [-0.25, -0.2) is 28.9 Å². The van der Waals surface area contributed by atoms with Gasteiger partial charge in [-0.05, 0) is 13.8 Å². The highest BCUT2D eigenvalue weighted by molar-refractivity contribution is 5.98. The molecule has 1 fully saturated rings. The molecule has 1 aliphatic heterocycles. The van der Waals surface area contributed by atoms with Gasteiger partial charge < -0.3 is 29.8 Å². The molecule has 0 unspecified atom stereocenters. The van der Waals surface area contributed by atoms with Crippen molar-refractivity contribution in [2.24, 2.45) is 0 Å². The highest BCUT2D eigenvalue weighted by atomic mass is 19.1. The molecule has 1 saturated heterocycles.